The van der Waals surface area contributed by atoms with Crippen molar-refractivity contribution in [3.63, 3.8) is 0 Å². The third kappa shape index (κ3) is 5.38. The van der Waals surface area contributed by atoms with Crippen molar-refractivity contribution >= 4 is 21.4 Å². The van der Waals surface area contributed by atoms with Gasteiger partial charge in [0, 0.05) is 17.3 Å². The summed E-state index contributed by atoms with van der Waals surface area (Å²) in [6.45, 7) is -1.53. The summed E-state index contributed by atoms with van der Waals surface area (Å²) in [5, 5.41) is 2.31. The molecule has 2 aromatic carbocycles. The smallest absolute Gasteiger partial charge is 0.484 e. The summed E-state index contributed by atoms with van der Waals surface area (Å²) >= 11 is 0. The van der Waals surface area contributed by atoms with E-state index in [2.05, 4.69) is 10.1 Å². The number of carbonyl (C=O) groups excluding carboxylic acids is 1. The number of nitrogens with one attached hydrogen (secondary N) is 1. The third-order valence-corrected chi connectivity index (χ3v) is 4.73. The zero-order valence-corrected chi connectivity index (χ0v) is 14.5. The van der Waals surface area contributed by atoms with Crippen molar-refractivity contribution in [3.05, 3.63) is 54.1 Å². The van der Waals surface area contributed by atoms with Gasteiger partial charge in [-0.05, 0) is 36.4 Å². The molecule has 0 saturated carbocycles. The van der Waals surface area contributed by atoms with E-state index in [1.165, 1.54) is 18.2 Å². The molecule has 0 aliphatic heterocycles. The number of amides is 1. The topological polar surface area (TPSA) is 72.5 Å². The number of hydrogen-bond donors (Lipinski definition) is 1. The number of carbonyl (C=O) groups is 1. The average Bonchev–Trinajstić information content (AvgIpc) is 2.59. The summed E-state index contributed by atoms with van der Waals surface area (Å²) in [4.78, 5) is 11.1. The fourth-order valence-corrected chi connectivity index (χ4v) is 2.71. The van der Waals surface area contributed by atoms with Gasteiger partial charge in [0.2, 0.25) is 0 Å². The molecule has 12 heteroatoms. The molecule has 0 unspecified atom stereocenters. The predicted molar refractivity (Wildman–Crippen MR) is 85.6 cm³/mol. The number of halogens is 6. The van der Waals surface area contributed by atoms with Crippen molar-refractivity contribution in [3.8, 4) is 5.75 Å². The molecule has 2 rings (SSSR count). The molecular formula is C16H11F6NO4S. The lowest BCUT2D eigenvalue weighted by Crippen LogP contribution is -2.23. The highest BCUT2D eigenvalue weighted by molar-refractivity contribution is 7.92. The van der Waals surface area contributed by atoms with Gasteiger partial charge >= 0.3 is 11.7 Å². The zero-order chi connectivity index (χ0) is 21.2. The van der Waals surface area contributed by atoms with Crippen LogP contribution < -0.4 is 10.1 Å². The summed E-state index contributed by atoms with van der Waals surface area (Å²) in [5.41, 5.74) is -5.58. The molecule has 5 nitrogen and oxygen atoms in total. The second kappa shape index (κ2) is 7.70. The van der Waals surface area contributed by atoms with Gasteiger partial charge in [-0.1, -0.05) is 6.07 Å². The largest absolute Gasteiger partial charge is 0.501 e. The Morgan fingerprint density at radius 3 is 2.11 bits per heavy atom. The van der Waals surface area contributed by atoms with Crippen LogP contribution >= 0.6 is 0 Å². The summed E-state index contributed by atoms with van der Waals surface area (Å²) < 4.78 is 101. The van der Waals surface area contributed by atoms with E-state index < -0.39 is 38.9 Å². The van der Waals surface area contributed by atoms with Crippen LogP contribution in [0.5, 0.6) is 5.75 Å². The summed E-state index contributed by atoms with van der Waals surface area (Å²) in [7, 11) is -5.54. The summed E-state index contributed by atoms with van der Waals surface area (Å²) in [6.07, 6.45) is -4.54. The lowest BCUT2D eigenvalue weighted by Gasteiger charge is -2.11. The van der Waals surface area contributed by atoms with Gasteiger partial charge in [-0.25, -0.2) is 8.42 Å². The van der Waals surface area contributed by atoms with Crippen molar-refractivity contribution in [1.82, 2.24) is 0 Å². The first kappa shape index (κ1) is 21.5. The maximum absolute atomic E-state index is 12.5. The Bertz CT molecular complexity index is 952. The first-order valence-corrected chi connectivity index (χ1v) is 8.80. The minimum atomic E-state index is -5.54. The molecular weight excluding hydrogens is 416 g/mol. The fraction of sp³-hybridized carbons (Fsp3) is 0.188. The Morgan fingerprint density at radius 1 is 0.964 bits per heavy atom. The van der Waals surface area contributed by atoms with E-state index in [1.807, 2.05) is 0 Å². The quantitative estimate of drug-likeness (QED) is 0.727. The number of sulfone groups is 1. The van der Waals surface area contributed by atoms with Crippen molar-refractivity contribution in [2.75, 3.05) is 11.9 Å². The van der Waals surface area contributed by atoms with Gasteiger partial charge in [0.05, 0.1) is 4.90 Å². The van der Waals surface area contributed by atoms with Crippen molar-refractivity contribution in [1.29, 1.82) is 0 Å². The molecule has 28 heavy (non-hydrogen) atoms. The summed E-state index contributed by atoms with van der Waals surface area (Å²) in [6, 6.07) is 8.02. The van der Waals surface area contributed by atoms with Crippen LogP contribution in [0.3, 0.4) is 0 Å². The minimum absolute atomic E-state index is 0.0664. The van der Waals surface area contributed by atoms with Gasteiger partial charge in [-0.15, -0.1) is 0 Å². The van der Waals surface area contributed by atoms with Gasteiger partial charge in [0.15, 0.2) is 6.61 Å². The number of benzene rings is 2. The average molecular weight is 427 g/mol. The highest BCUT2D eigenvalue weighted by Gasteiger charge is 2.46. The van der Waals surface area contributed by atoms with E-state index in [0.717, 1.165) is 18.2 Å². The lowest BCUT2D eigenvalue weighted by molar-refractivity contribution is -0.153. The molecule has 0 saturated heterocycles. The SMILES string of the molecule is O=C(Nc1cccc(OCC(F)(F)F)c1)c1ccc(S(=O)(=O)C(F)(F)F)cc1. The Balaban J connectivity index is 2.11. The first-order chi connectivity index (χ1) is 12.8. The van der Waals surface area contributed by atoms with E-state index in [9.17, 15) is 39.6 Å². The Hall–Kier alpha value is -2.76. The van der Waals surface area contributed by atoms with Gasteiger partial charge in [-0.3, -0.25) is 4.79 Å². The van der Waals surface area contributed by atoms with E-state index >= 15 is 0 Å². The number of alkyl halides is 6. The first-order valence-electron chi connectivity index (χ1n) is 7.32. The molecule has 0 bridgehead atoms. The van der Waals surface area contributed by atoms with Gasteiger partial charge in [-0.2, -0.15) is 26.3 Å². The normalized spacial score (nSPS) is 12.5. The molecule has 0 aromatic heterocycles. The Kier molecular flexibility index (Phi) is 5.92. The standard InChI is InChI=1S/C16H11F6NO4S/c17-15(18,19)9-27-12-3-1-2-11(8-12)23-14(24)10-4-6-13(7-5-10)28(25,26)16(20,21)22/h1-8H,9H2,(H,23,24). The van der Waals surface area contributed by atoms with Crippen LogP contribution in [0.25, 0.3) is 0 Å². The number of anilines is 1. The van der Waals surface area contributed by atoms with E-state index in [-0.39, 0.29) is 17.0 Å². The van der Waals surface area contributed by atoms with E-state index in [1.54, 1.807) is 0 Å². The van der Waals surface area contributed by atoms with E-state index in [0.29, 0.717) is 12.1 Å². The second-order valence-electron chi connectivity index (χ2n) is 5.36. The third-order valence-electron chi connectivity index (χ3n) is 3.23. The molecule has 1 N–H and O–H groups in total. The molecule has 152 valence electrons. The van der Waals surface area contributed by atoms with Crippen LogP contribution in [-0.2, 0) is 9.84 Å². The minimum Gasteiger partial charge on any atom is -0.484 e. The van der Waals surface area contributed by atoms with Crippen LogP contribution in [0.1, 0.15) is 10.4 Å². The maximum Gasteiger partial charge on any atom is 0.501 e. The highest BCUT2D eigenvalue weighted by Crippen LogP contribution is 2.30. The monoisotopic (exact) mass is 427 g/mol. The van der Waals surface area contributed by atoms with Crippen LogP contribution in [0.4, 0.5) is 32.0 Å². The zero-order valence-electron chi connectivity index (χ0n) is 13.6. The molecule has 0 atom stereocenters. The molecule has 0 heterocycles. The van der Waals surface area contributed by atoms with Crippen LogP contribution in [-0.4, -0.2) is 32.6 Å². The Morgan fingerprint density at radius 2 is 1.57 bits per heavy atom. The molecule has 0 radical (unpaired) electrons. The van der Waals surface area contributed by atoms with E-state index in [4.69, 9.17) is 0 Å². The second-order valence-corrected chi connectivity index (χ2v) is 7.30. The highest BCUT2D eigenvalue weighted by atomic mass is 32.2. The van der Waals surface area contributed by atoms with Crippen LogP contribution in [0.15, 0.2) is 53.4 Å². The molecule has 0 spiro atoms. The van der Waals surface area contributed by atoms with Crippen molar-refractivity contribution in [2.24, 2.45) is 0 Å². The molecule has 2 aromatic rings. The lowest BCUT2D eigenvalue weighted by atomic mass is 10.2. The predicted octanol–water partition coefficient (Wildman–Crippen LogP) is 4.17. The Labute approximate surface area is 154 Å². The maximum atomic E-state index is 12.5. The van der Waals surface area contributed by atoms with Crippen molar-refractivity contribution in [2.45, 2.75) is 16.6 Å². The molecule has 1 amide bonds. The number of hydrogen-bond acceptors (Lipinski definition) is 4. The number of rotatable bonds is 5. The molecule has 0 aliphatic carbocycles. The number of ether oxygens (including phenoxy) is 1. The van der Waals surface area contributed by atoms with Gasteiger partial charge in [0.25, 0.3) is 15.7 Å². The van der Waals surface area contributed by atoms with Gasteiger partial charge in [0.1, 0.15) is 5.75 Å². The summed E-state index contributed by atoms with van der Waals surface area (Å²) in [5.74, 6) is -0.981. The molecule has 0 fully saturated rings. The van der Waals surface area contributed by atoms with Gasteiger partial charge < -0.3 is 10.1 Å². The molecule has 0 aliphatic rings. The van der Waals surface area contributed by atoms with Crippen LogP contribution in [0, 0.1) is 0 Å². The van der Waals surface area contributed by atoms with Crippen molar-refractivity contribution < 1.29 is 44.3 Å². The fourth-order valence-electron chi connectivity index (χ4n) is 1.95. The van der Waals surface area contributed by atoms with Crippen LogP contribution in [0.2, 0.25) is 0 Å².